The van der Waals surface area contributed by atoms with E-state index >= 15 is 0 Å². The van der Waals surface area contributed by atoms with Gasteiger partial charge in [-0.25, -0.2) is 4.39 Å². The van der Waals surface area contributed by atoms with Gasteiger partial charge in [0.15, 0.2) is 0 Å². The highest BCUT2D eigenvalue weighted by atomic mass is 19.1. The van der Waals surface area contributed by atoms with E-state index in [-0.39, 0.29) is 18.3 Å². The molecule has 0 spiro atoms. The van der Waals surface area contributed by atoms with E-state index in [1.165, 1.54) is 22.8 Å². The molecule has 0 aliphatic carbocycles. The Morgan fingerprint density at radius 2 is 1.76 bits per heavy atom. The Kier molecular flexibility index (Phi) is 7.45. The van der Waals surface area contributed by atoms with E-state index in [0.717, 1.165) is 36.2 Å². The molecule has 5 heteroatoms. The fourth-order valence-corrected chi connectivity index (χ4v) is 5.53. The van der Waals surface area contributed by atoms with Crippen molar-refractivity contribution in [3.63, 3.8) is 0 Å². The standard InChI is InChI=1S/C33H32FNO3/c1-22-16-26(31-20-30(38-2)14-15-32(31)34)11-10-25(22)17-23-8-12-28(13-9-23)35-21-27(18-29(35)19-33(36)37)24-6-4-3-5-7-24/h3-16,20,27,29H,17-19,21H2,1-2H3,(H,36,37)/t27-,29-/m1/s1. The molecule has 1 saturated heterocycles. The van der Waals surface area contributed by atoms with Gasteiger partial charge in [-0.2, -0.15) is 0 Å². The second kappa shape index (κ2) is 11.1. The largest absolute Gasteiger partial charge is 0.497 e. The molecule has 1 aliphatic rings. The molecule has 0 aromatic heterocycles. The highest BCUT2D eigenvalue weighted by Crippen LogP contribution is 2.37. The number of methoxy groups -OCH3 is 1. The third-order valence-corrected chi connectivity index (χ3v) is 7.59. The van der Waals surface area contributed by atoms with E-state index in [9.17, 15) is 14.3 Å². The van der Waals surface area contributed by atoms with Crippen LogP contribution in [0.1, 0.15) is 41.0 Å². The van der Waals surface area contributed by atoms with Gasteiger partial charge in [-0.15, -0.1) is 0 Å². The van der Waals surface area contributed by atoms with Gasteiger partial charge < -0.3 is 14.7 Å². The second-order valence-electron chi connectivity index (χ2n) is 10.1. The lowest BCUT2D eigenvalue weighted by Crippen LogP contribution is -2.31. The number of benzene rings is 4. The van der Waals surface area contributed by atoms with Gasteiger partial charge in [0.25, 0.3) is 0 Å². The van der Waals surface area contributed by atoms with Crippen molar-refractivity contribution in [1.82, 2.24) is 0 Å². The maximum atomic E-state index is 14.5. The number of halogens is 1. The first kappa shape index (κ1) is 25.5. The first-order chi connectivity index (χ1) is 18.4. The summed E-state index contributed by atoms with van der Waals surface area (Å²) >= 11 is 0. The van der Waals surface area contributed by atoms with Crippen LogP contribution in [-0.2, 0) is 11.2 Å². The molecule has 4 aromatic carbocycles. The molecule has 1 aliphatic heterocycles. The number of carboxylic acid groups (broad SMARTS) is 1. The van der Waals surface area contributed by atoms with E-state index in [2.05, 4.69) is 54.3 Å². The fourth-order valence-electron chi connectivity index (χ4n) is 5.53. The van der Waals surface area contributed by atoms with Crippen molar-refractivity contribution in [2.75, 3.05) is 18.6 Å². The van der Waals surface area contributed by atoms with Gasteiger partial charge in [0, 0.05) is 29.8 Å². The lowest BCUT2D eigenvalue weighted by atomic mass is 9.95. The summed E-state index contributed by atoms with van der Waals surface area (Å²) < 4.78 is 19.7. The number of rotatable bonds is 8. The minimum atomic E-state index is -0.766. The van der Waals surface area contributed by atoms with Crippen molar-refractivity contribution in [3.8, 4) is 16.9 Å². The molecule has 0 bridgehead atoms. The van der Waals surface area contributed by atoms with Gasteiger partial charge in [0.2, 0.25) is 0 Å². The van der Waals surface area contributed by atoms with E-state index in [1.54, 1.807) is 19.2 Å². The van der Waals surface area contributed by atoms with Crippen molar-refractivity contribution in [3.05, 3.63) is 119 Å². The maximum Gasteiger partial charge on any atom is 0.305 e. The van der Waals surface area contributed by atoms with Crippen LogP contribution in [0.4, 0.5) is 10.1 Å². The smallest absolute Gasteiger partial charge is 0.305 e. The second-order valence-corrected chi connectivity index (χ2v) is 10.1. The van der Waals surface area contributed by atoms with Gasteiger partial charge in [-0.3, -0.25) is 4.79 Å². The molecule has 38 heavy (non-hydrogen) atoms. The predicted molar refractivity (Wildman–Crippen MR) is 150 cm³/mol. The van der Waals surface area contributed by atoms with E-state index in [4.69, 9.17) is 4.74 Å². The van der Waals surface area contributed by atoms with Crippen LogP contribution in [0.5, 0.6) is 5.75 Å². The predicted octanol–water partition coefficient (Wildman–Crippen LogP) is 7.24. The molecule has 0 amide bonds. The number of hydrogen-bond donors (Lipinski definition) is 1. The zero-order valence-electron chi connectivity index (χ0n) is 21.7. The molecule has 4 nitrogen and oxygen atoms in total. The number of nitrogens with zero attached hydrogens (tertiary/aromatic N) is 1. The molecule has 0 radical (unpaired) electrons. The Labute approximate surface area is 223 Å². The number of carbonyl (C=O) groups is 1. The number of aryl methyl sites for hydroxylation is 1. The van der Waals surface area contributed by atoms with E-state index < -0.39 is 5.97 Å². The Morgan fingerprint density at radius 3 is 2.45 bits per heavy atom. The van der Waals surface area contributed by atoms with Gasteiger partial charge in [0.1, 0.15) is 11.6 Å². The van der Waals surface area contributed by atoms with Crippen LogP contribution in [0.2, 0.25) is 0 Å². The Balaban J connectivity index is 1.32. The SMILES string of the molecule is COc1ccc(F)c(-c2ccc(Cc3ccc(N4C[C@H](c5ccccc5)C[C@@H]4CC(=O)O)cc3)c(C)c2)c1. The van der Waals surface area contributed by atoms with Crippen LogP contribution in [0.3, 0.4) is 0 Å². The van der Waals surface area contributed by atoms with Crippen molar-refractivity contribution < 1.29 is 19.0 Å². The third kappa shape index (κ3) is 5.57. The van der Waals surface area contributed by atoms with Gasteiger partial charge in [-0.05, 0) is 77.9 Å². The molecule has 0 saturated carbocycles. The Hall–Kier alpha value is -4.12. The summed E-state index contributed by atoms with van der Waals surface area (Å²) in [5.41, 5.74) is 7.11. The topological polar surface area (TPSA) is 49.8 Å². The number of ether oxygens (including phenoxy) is 1. The first-order valence-corrected chi connectivity index (χ1v) is 13.0. The summed E-state index contributed by atoms with van der Waals surface area (Å²) in [7, 11) is 1.58. The van der Waals surface area contributed by atoms with E-state index in [0.29, 0.717) is 17.2 Å². The average molecular weight is 510 g/mol. The van der Waals surface area contributed by atoms with Crippen LogP contribution in [-0.4, -0.2) is 30.8 Å². The number of aliphatic carboxylic acids is 1. The minimum Gasteiger partial charge on any atom is -0.497 e. The molecule has 2 atom stereocenters. The summed E-state index contributed by atoms with van der Waals surface area (Å²) in [5.74, 6) is -0.0954. The van der Waals surface area contributed by atoms with Crippen LogP contribution >= 0.6 is 0 Å². The van der Waals surface area contributed by atoms with Crippen molar-refractivity contribution in [1.29, 1.82) is 0 Å². The fraction of sp³-hybridized carbons (Fsp3) is 0.242. The van der Waals surface area contributed by atoms with Gasteiger partial charge in [-0.1, -0.05) is 60.7 Å². The summed E-state index contributed by atoms with van der Waals surface area (Å²) in [4.78, 5) is 13.8. The van der Waals surface area contributed by atoms with E-state index in [1.807, 2.05) is 30.3 Å². The molecular weight excluding hydrogens is 477 g/mol. The molecule has 1 N–H and O–H groups in total. The molecular formula is C33H32FNO3. The number of anilines is 1. The molecule has 0 unspecified atom stereocenters. The molecule has 1 fully saturated rings. The average Bonchev–Trinajstić information content (AvgIpc) is 3.34. The third-order valence-electron chi connectivity index (χ3n) is 7.59. The normalized spacial score (nSPS) is 17.0. The van der Waals surface area contributed by atoms with Crippen LogP contribution in [0.25, 0.3) is 11.1 Å². The van der Waals surface area contributed by atoms with Gasteiger partial charge in [0.05, 0.1) is 13.5 Å². The van der Waals surface area contributed by atoms with Gasteiger partial charge >= 0.3 is 5.97 Å². The maximum absolute atomic E-state index is 14.5. The van der Waals surface area contributed by atoms with Crippen molar-refractivity contribution >= 4 is 11.7 Å². The summed E-state index contributed by atoms with van der Waals surface area (Å²) in [6.45, 7) is 2.86. The number of hydrogen-bond acceptors (Lipinski definition) is 3. The van der Waals surface area contributed by atoms with Crippen LogP contribution in [0, 0.1) is 12.7 Å². The lowest BCUT2D eigenvalue weighted by Gasteiger charge is -2.26. The quantitative estimate of drug-likeness (QED) is 0.272. The molecule has 1 heterocycles. The Bertz CT molecular complexity index is 1420. The minimum absolute atomic E-state index is 0.0321. The molecule has 4 aromatic rings. The van der Waals surface area contributed by atoms with Crippen LogP contribution in [0.15, 0.2) is 91.0 Å². The Morgan fingerprint density at radius 1 is 1.00 bits per heavy atom. The first-order valence-electron chi connectivity index (χ1n) is 13.0. The highest BCUT2D eigenvalue weighted by Gasteiger charge is 2.34. The van der Waals surface area contributed by atoms with Crippen molar-refractivity contribution in [2.45, 2.75) is 38.1 Å². The highest BCUT2D eigenvalue weighted by molar-refractivity contribution is 5.69. The lowest BCUT2D eigenvalue weighted by molar-refractivity contribution is -0.137. The summed E-state index contributed by atoms with van der Waals surface area (Å²) in [6, 6.07) is 29.6. The summed E-state index contributed by atoms with van der Waals surface area (Å²) in [6.07, 6.45) is 1.72. The van der Waals surface area contributed by atoms with Crippen molar-refractivity contribution in [2.24, 2.45) is 0 Å². The molecule has 194 valence electrons. The molecule has 5 rings (SSSR count). The zero-order valence-corrected chi connectivity index (χ0v) is 21.7. The zero-order chi connectivity index (χ0) is 26.6. The van der Waals surface area contributed by atoms with Crippen LogP contribution < -0.4 is 9.64 Å². The monoisotopic (exact) mass is 509 g/mol. The number of carboxylic acids is 1. The summed E-state index contributed by atoms with van der Waals surface area (Å²) in [5, 5.41) is 9.51.